The second kappa shape index (κ2) is 8.91. The van der Waals surface area contributed by atoms with E-state index in [1.807, 2.05) is 24.3 Å². The summed E-state index contributed by atoms with van der Waals surface area (Å²) in [5, 5.41) is 9.74. The molecule has 0 radical (unpaired) electrons. The number of pyridine rings is 2. The summed E-state index contributed by atoms with van der Waals surface area (Å²) in [5.41, 5.74) is 2.27. The number of aromatic nitrogens is 4. The Labute approximate surface area is 243 Å². The topological polar surface area (TPSA) is 127 Å². The van der Waals surface area contributed by atoms with Crippen LogP contribution in [0.15, 0.2) is 46.0 Å². The molecular formula is C30H22N6O4S2. The van der Waals surface area contributed by atoms with Crippen LogP contribution >= 0.6 is 22.7 Å². The molecule has 42 heavy (non-hydrogen) atoms. The molecule has 0 spiro atoms. The van der Waals surface area contributed by atoms with Crippen molar-refractivity contribution in [2.45, 2.75) is 26.7 Å². The number of hydrogen-bond donors (Lipinski definition) is 2. The van der Waals surface area contributed by atoms with E-state index < -0.39 is 0 Å². The van der Waals surface area contributed by atoms with Crippen LogP contribution in [0.4, 0.5) is 0 Å². The zero-order chi connectivity index (χ0) is 28.9. The fourth-order valence-corrected chi connectivity index (χ4v) is 8.07. The quantitative estimate of drug-likeness (QED) is 0.282. The van der Waals surface area contributed by atoms with Gasteiger partial charge in [0.2, 0.25) is 11.8 Å². The maximum Gasteiger partial charge on any atom is 0.264 e. The van der Waals surface area contributed by atoms with Gasteiger partial charge in [-0.15, -0.1) is 22.7 Å². The fraction of sp³-hybridized carbons (Fsp3) is 0.200. The minimum Gasteiger partial charge on any atom is -0.356 e. The zero-order valence-corrected chi connectivity index (χ0v) is 24.2. The first-order chi connectivity index (χ1) is 20.3. The Morgan fingerprint density at radius 3 is 1.50 bits per heavy atom. The molecule has 0 atom stereocenters. The van der Waals surface area contributed by atoms with Crippen molar-refractivity contribution in [3.63, 3.8) is 0 Å². The largest absolute Gasteiger partial charge is 0.356 e. The third-order valence-corrected chi connectivity index (χ3v) is 9.97. The average molecular weight is 595 g/mol. The Hall–Kier alpha value is -4.68. The van der Waals surface area contributed by atoms with Crippen molar-refractivity contribution in [1.29, 1.82) is 0 Å². The third-order valence-electron chi connectivity index (χ3n) is 7.81. The highest BCUT2D eigenvalue weighted by atomic mass is 32.1. The van der Waals surface area contributed by atoms with E-state index >= 15 is 0 Å². The van der Waals surface area contributed by atoms with Crippen LogP contribution in [-0.4, -0.2) is 43.7 Å². The molecule has 6 aromatic heterocycles. The lowest BCUT2D eigenvalue weighted by atomic mass is 9.96. The molecule has 2 aromatic carbocycles. The number of thiophene rings is 2. The van der Waals surface area contributed by atoms with Crippen molar-refractivity contribution >= 4 is 98.8 Å². The first-order valence-electron chi connectivity index (χ1n) is 13.5. The monoisotopic (exact) mass is 594 g/mol. The van der Waals surface area contributed by atoms with Crippen LogP contribution < -0.4 is 21.8 Å². The smallest absolute Gasteiger partial charge is 0.264 e. The van der Waals surface area contributed by atoms with Gasteiger partial charge in [0.05, 0.1) is 11.0 Å². The SMILES string of the molecule is CC(=O)NCCc1cc2c(nc3c4ccc5c6c(ccc(c(=O)n23)c46)c(=O)n2c3cc(CCNC(C)=O)sc3nc52)s1. The lowest BCUT2D eigenvalue weighted by Gasteiger charge is -2.12. The molecule has 0 saturated heterocycles. The molecule has 208 valence electrons. The van der Waals surface area contributed by atoms with Crippen LogP contribution in [0, 0.1) is 0 Å². The molecule has 2 amide bonds. The Balaban J connectivity index is 1.34. The number of hydrogen-bond acceptors (Lipinski definition) is 8. The Morgan fingerprint density at radius 2 is 1.10 bits per heavy atom. The normalized spacial score (nSPS) is 12.3. The first kappa shape index (κ1) is 25.1. The summed E-state index contributed by atoms with van der Waals surface area (Å²) < 4.78 is 3.33. The van der Waals surface area contributed by atoms with E-state index in [0.29, 0.717) is 48.0 Å². The summed E-state index contributed by atoms with van der Waals surface area (Å²) in [7, 11) is 0. The van der Waals surface area contributed by atoms with Crippen LogP contribution in [-0.2, 0) is 22.4 Å². The molecule has 2 N–H and O–H groups in total. The maximum atomic E-state index is 13.9. The van der Waals surface area contributed by atoms with Crippen molar-refractivity contribution in [3.8, 4) is 0 Å². The second-order valence-electron chi connectivity index (χ2n) is 10.5. The van der Waals surface area contributed by atoms with Gasteiger partial charge in [0, 0.05) is 69.0 Å². The van der Waals surface area contributed by atoms with Gasteiger partial charge in [-0.3, -0.25) is 28.0 Å². The number of benzene rings is 2. The van der Waals surface area contributed by atoms with Crippen molar-refractivity contribution in [3.05, 3.63) is 66.9 Å². The van der Waals surface area contributed by atoms with Crippen molar-refractivity contribution in [2.75, 3.05) is 13.1 Å². The van der Waals surface area contributed by atoms with Crippen LogP contribution in [0.2, 0.25) is 0 Å². The summed E-state index contributed by atoms with van der Waals surface area (Å²) >= 11 is 3.03. The van der Waals surface area contributed by atoms with E-state index in [0.717, 1.165) is 52.0 Å². The van der Waals surface area contributed by atoms with E-state index in [1.165, 1.54) is 36.5 Å². The Bertz CT molecular complexity index is 2360. The highest BCUT2D eigenvalue weighted by Gasteiger charge is 2.23. The van der Waals surface area contributed by atoms with Gasteiger partial charge >= 0.3 is 0 Å². The minimum absolute atomic E-state index is 0.0774. The molecule has 0 bridgehead atoms. The number of carbonyl (C=O) groups is 2. The van der Waals surface area contributed by atoms with Crippen LogP contribution in [0.3, 0.4) is 0 Å². The number of imidazole rings is 2. The van der Waals surface area contributed by atoms with E-state index in [-0.39, 0.29) is 22.9 Å². The van der Waals surface area contributed by atoms with Gasteiger partial charge in [-0.2, -0.15) is 0 Å². The average Bonchev–Trinajstić information content (AvgIpc) is 3.69. The number of nitrogens with zero attached hydrogens (tertiary/aromatic N) is 4. The molecule has 0 saturated carbocycles. The lowest BCUT2D eigenvalue weighted by molar-refractivity contribution is -0.119. The molecule has 0 aliphatic rings. The minimum atomic E-state index is -0.180. The van der Waals surface area contributed by atoms with E-state index in [1.54, 1.807) is 20.9 Å². The Kier molecular flexibility index (Phi) is 5.32. The summed E-state index contributed by atoms with van der Waals surface area (Å²) in [6.45, 7) is 4.02. The number of fused-ring (bicyclic) bond motifs is 8. The summed E-state index contributed by atoms with van der Waals surface area (Å²) in [4.78, 5) is 63.7. The predicted molar refractivity (Wildman–Crippen MR) is 167 cm³/mol. The zero-order valence-electron chi connectivity index (χ0n) is 22.5. The van der Waals surface area contributed by atoms with E-state index in [4.69, 9.17) is 9.97 Å². The van der Waals surface area contributed by atoms with Crippen LogP contribution in [0.25, 0.3) is 64.3 Å². The van der Waals surface area contributed by atoms with Gasteiger partial charge in [0.25, 0.3) is 11.1 Å². The van der Waals surface area contributed by atoms with E-state index in [2.05, 4.69) is 10.6 Å². The third kappa shape index (κ3) is 3.48. The van der Waals surface area contributed by atoms with E-state index in [9.17, 15) is 19.2 Å². The molecule has 8 rings (SSSR count). The number of nitrogens with one attached hydrogen (secondary N) is 2. The standard InChI is InChI=1S/C30H22N6O4S2/c1-13(37)31-9-7-15-11-21-27(41-15)33-25-17-3-4-18-24-20(6-5-19(23(17)24)29(39)35(21)25)30(40)36-22-12-16(8-10-32-14(2)38)42-28(22)34-26(18)36/h3-6,11-12H,7-10H2,1-2H3,(H,31,37)(H,32,38). The maximum absolute atomic E-state index is 13.9. The molecule has 0 aliphatic heterocycles. The molecule has 0 aliphatic carbocycles. The highest BCUT2D eigenvalue weighted by Crippen LogP contribution is 2.38. The molecule has 0 fully saturated rings. The van der Waals surface area contributed by atoms with Crippen molar-refractivity contribution < 1.29 is 9.59 Å². The van der Waals surface area contributed by atoms with Crippen molar-refractivity contribution in [2.24, 2.45) is 0 Å². The summed E-state index contributed by atoms with van der Waals surface area (Å²) in [5.74, 6) is -0.155. The Morgan fingerprint density at radius 1 is 0.690 bits per heavy atom. The molecule has 10 nitrogen and oxygen atoms in total. The van der Waals surface area contributed by atoms with Gasteiger partial charge in [0.1, 0.15) is 21.0 Å². The van der Waals surface area contributed by atoms with Gasteiger partial charge < -0.3 is 10.6 Å². The van der Waals surface area contributed by atoms with Crippen LogP contribution in [0.5, 0.6) is 0 Å². The fourth-order valence-electron chi connectivity index (χ4n) is 6.05. The number of rotatable bonds is 6. The lowest BCUT2D eigenvalue weighted by Crippen LogP contribution is -2.22. The summed E-state index contributed by atoms with van der Waals surface area (Å²) in [6.07, 6.45) is 1.32. The second-order valence-corrected chi connectivity index (χ2v) is 12.7. The summed E-state index contributed by atoms with van der Waals surface area (Å²) in [6, 6.07) is 11.4. The molecule has 12 heteroatoms. The van der Waals surface area contributed by atoms with Gasteiger partial charge in [-0.05, 0) is 49.2 Å². The number of amides is 2. The first-order valence-corrected chi connectivity index (χ1v) is 15.1. The van der Waals surface area contributed by atoms with Crippen LogP contribution in [0.1, 0.15) is 23.6 Å². The molecule has 6 heterocycles. The van der Waals surface area contributed by atoms with Crippen molar-refractivity contribution in [1.82, 2.24) is 29.4 Å². The predicted octanol–water partition coefficient (Wildman–Crippen LogP) is 3.82. The number of carbonyl (C=O) groups excluding carboxylic acids is 2. The highest BCUT2D eigenvalue weighted by molar-refractivity contribution is 7.19. The van der Waals surface area contributed by atoms with Gasteiger partial charge in [0.15, 0.2) is 0 Å². The van der Waals surface area contributed by atoms with Gasteiger partial charge in [-0.25, -0.2) is 9.97 Å². The molecule has 8 aromatic rings. The van der Waals surface area contributed by atoms with Gasteiger partial charge in [-0.1, -0.05) is 0 Å². The molecular weight excluding hydrogens is 573 g/mol. The molecule has 0 unspecified atom stereocenters.